The number of hydrogen-bond donors (Lipinski definition) is 1. The van der Waals surface area contributed by atoms with Crippen molar-refractivity contribution in [2.24, 2.45) is 0 Å². The van der Waals surface area contributed by atoms with Gasteiger partial charge in [-0.2, -0.15) is 0 Å². The number of H-pyrrole nitrogens is 1. The second-order valence-corrected chi connectivity index (χ2v) is 9.39. The van der Waals surface area contributed by atoms with Gasteiger partial charge in [-0.15, -0.1) is 0 Å². The summed E-state index contributed by atoms with van der Waals surface area (Å²) in [5.74, 6) is 0.136. The van der Waals surface area contributed by atoms with Crippen molar-refractivity contribution in [1.82, 2.24) is 29.2 Å². The van der Waals surface area contributed by atoms with Crippen molar-refractivity contribution in [3.8, 4) is 5.69 Å². The fraction of sp³-hybridized carbons (Fsp3) is 0.296. The van der Waals surface area contributed by atoms with Crippen molar-refractivity contribution in [1.29, 1.82) is 0 Å². The first kappa shape index (κ1) is 21.6. The lowest BCUT2D eigenvalue weighted by Crippen LogP contribution is -2.64. The molecule has 1 aromatic carbocycles. The number of pyridine rings is 1. The molecule has 0 radical (unpaired) electrons. The Bertz CT molecular complexity index is 1360. The van der Waals surface area contributed by atoms with Gasteiger partial charge in [-0.25, -0.2) is 0 Å². The average molecular weight is 469 g/mol. The predicted molar refractivity (Wildman–Crippen MR) is 134 cm³/mol. The molecule has 5 heterocycles. The summed E-state index contributed by atoms with van der Waals surface area (Å²) in [7, 11) is 0. The van der Waals surface area contributed by atoms with E-state index in [4.69, 9.17) is 0 Å². The number of hydrogen-bond acceptors (Lipinski definition) is 4. The van der Waals surface area contributed by atoms with E-state index in [9.17, 15) is 9.59 Å². The normalized spacial score (nSPS) is 17.1. The molecule has 1 N–H and O–H groups in total. The van der Waals surface area contributed by atoms with Crippen LogP contribution in [0.15, 0.2) is 67.1 Å². The van der Waals surface area contributed by atoms with Crippen LogP contribution in [0.5, 0.6) is 0 Å². The number of benzene rings is 1. The van der Waals surface area contributed by atoms with Gasteiger partial charge >= 0.3 is 0 Å². The number of carbonyl (C=O) groups is 2. The quantitative estimate of drug-likeness (QED) is 0.500. The second-order valence-electron chi connectivity index (χ2n) is 9.39. The molecular weight excluding hydrogens is 440 g/mol. The van der Waals surface area contributed by atoms with Crippen molar-refractivity contribution in [3.05, 3.63) is 84.1 Å². The van der Waals surface area contributed by atoms with E-state index in [2.05, 4.69) is 25.5 Å². The summed E-state index contributed by atoms with van der Waals surface area (Å²) in [4.78, 5) is 39.3. The zero-order valence-corrected chi connectivity index (χ0v) is 19.7. The fourth-order valence-electron chi connectivity index (χ4n) is 5.06. The minimum absolute atomic E-state index is 0.0583. The third-order valence-electron chi connectivity index (χ3n) is 7.21. The monoisotopic (exact) mass is 468 g/mol. The molecule has 8 heteroatoms. The van der Waals surface area contributed by atoms with Crippen LogP contribution in [-0.4, -0.2) is 86.4 Å². The molecule has 0 bridgehead atoms. The summed E-state index contributed by atoms with van der Waals surface area (Å²) in [6.07, 6.45) is 5.66. The van der Waals surface area contributed by atoms with Gasteiger partial charge in [0.15, 0.2) is 0 Å². The number of aromatic nitrogens is 3. The van der Waals surface area contributed by atoms with Crippen LogP contribution in [0.3, 0.4) is 0 Å². The highest BCUT2D eigenvalue weighted by Gasteiger charge is 2.37. The smallest absolute Gasteiger partial charge is 0.270 e. The number of carbonyl (C=O) groups excluding carboxylic acids is 2. The number of amides is 2. The van der Waals surface area contributed by atoms with Gasteiger partial charge in [0.25, 0.3) is 11.8 Å². The minimum atomic E-state index is 0.0583. The summed E-state index contributed by atoms with van der Waals surface area (Å²) in [6, 6.07) is 16.0. The Morgan fingerprint density at radius 1 is 0.943 bits per heavy atom. The molecule has 35 heavy (non-hydrogen) atoms. The van der Waals surface area contributed by atoms with Crippen LogP contribution in [0, 0.1) is 6.92 Å². The van der Waals surface area contributed by atoms with Gasteiger partial charge in [0.1, 0.15) is 5.69 Å². The molecule has 3 aromatic heterocycles. The Morgan fingerprint density at radius 3 is 2.49 bits per heavy atom. The van der Waals surface area contributed by atoms with Crippen LogP contribution >= 0.6 is 0 Å². The summed E-state index contributed by atoms with van der Waals surface area (Å²) in [6.45, 7) is 6.55. The summed E-state index contributed by atoms with van der Waals surface area (Å²) in [5, 5.41) is 1.04. The van der Waals surface area contributed by atoms with Crippen molar-refractivity contribution < 1.29 is 9.59 Å². The van der Waals surface area contributed by atoms with E-state index in [1.807, 2.05) is 71.6 Å². The maximum absolute atomic E-state index is 13.1. The number of aromatic amines is 1. The van der Waals surface area contributed by atoms with Crippen LogP contribution in [0.25, 0.3) is 16.6 Å². The Morgan fingerprint density at radius 2 is 1.77 bits per heavy atom. The van der Waals surface area contributed by atoms with Crippen molar-refractivity contribution >= 4 is 22.7 Å². The molecule has 2 amide bonds. The van der Waals surface area contributed by atoms with Crippen molar-refractivity contribution in [2.45, 2.75) is 13.0 Å². The maximum Gasteiger partial charge on any atom is 0.270 e. The van der Waals surface area contributed by atoms with Gasteiger partial charge in [-0.3, -0.25) is 19.5 Å². The average Bonchev–Trinajstić information content (AvgIpc) is 3.54. The third kappa shape index (κ3) is 4.00. The molecule has 0 aliphatic carbocycles. The van der Waals surface area contributed by atoms with Gasteiger partial charge in [-0.1, -0.05) is 0 Å². The van der Waals surface area contributed by atoms with E-state index in [1.54, 1.807) is 6.20 Å². The van der Waals surface area contributed by atoms with E-state index < -0.39 is 0 Å². The number of nitrogens with one attached hydrogen (secondary N) is 1. The van der Waals surface area contributed by atoms with Crippen LogP contribution in [0.2, 0.25) is 0 Å². The first-order valence-corrected chi connectivity index (χ1v) is 12.1. The van der Waals surface area contributed by atoms with E-state index in [0.717, 1.165) is 54.0 Å². The molecular formula is C27H28N6O2. The van der Waals surface area contributed by atoms with Crippen molar-refractivity contribution in [2.75, 3.05) is 39.3 Å². The van der Waals surface area contributed by atoms with Gasteiger partial charge in [-0.05, 0) is 55.5 Å². The molecule has 178 valence electrons. The Hall–Kier alpha value is -3.91. The minimum Gasteiger partial charge on any atom is -0.357 e. The number of fused-ring (bicyclic) bond motifs is 1. The SMILES string of the molecule is Cc1ccc(-n2ccc3cc(C(=O)N4CC(N5CCN(C(=O)c6ccc[nH]6)CC5)C4)ccc32)cn1. The lowest BCUT2D eigenvalue weighted by Gasteiger charge is -2.48. The standard InChI is InChI=1S/C27H28N6O2/c1-19-4-6-22(16-29-19)33-10-8-20-15-21(5-7-25(20)33)26(34)32-17-23(18-32)30-11-13-31(14-12-30)27(35)24-3-2-9-28-24/h2-10,15-16,23,28H,11-14,17-18H2,1H3. The Kier molecular flexibility index (Phi) is 5.37. The first-order valence-electron chi connectivity index (χ1n) is 12.1. The van der Waals surface area contributed by atoms with Gasteiger partial charge in [0.2, 0.25) is 0 Å². The van der Waals surface area contributed by atoms with Crippen LogP contribution in [-0.2, 0) is 0 Å². The predicted octanol–water partition coefficient (Wildman–Crippen LogP) is 2.94. The van der Waals surface area contributed by atoms with E-state index >= 15 is 0 Å². The Balaban J connectivity index is 1.06. The molecule has 2 saturated heterocycles. The number of nitrogens with zero attached hydrogens (tertiary/aromatic N) is 5. The summed E-state index contributed by atoms with van der Waals surface area (Å²) < 4.78 is 2.09. The third-order valence-corrected chi connectivity index (χ3v) is 7.21. The highest BCUT2D eigenvalue weighted by molar-refractivity contribution is 5.99. The first-order chi connectivity index (χ1) is 17.1. The van der Waals surface area contributed by atoms with Crippen LogP contribution in [0.1, 0.15) is 26.5 Å². The zero-order valence-electron chi connectivity index (χ0n) is 19.7. The number of rotatable bonds is 4. The van der Waals surface area contributed by atoms with E-state index in [1.165, 1.54) is 0 Å². The van der Waals surface area contributed by atoms with Gasteiger partial charge < -0.3 is 19.4 Å². The fourth-order valence-corrected chi connectivity index (χ4v) is 5.06. The zero-order chi connectivity index (χ0) is 23.9. The second kappa shape index (κ2) is 8.70. The summed E-state index contributed by atoms with van der Waals surface area (Å²) >= 11 is 0. The number of likely N-dealkylation sites (tertiary alicyclic amines) is 1. The molecule has 2 fully saturated rings. The van der Waals surface area contributed by atoms with E-state index in [-0.39, 0.29) is 11.8 Å². The number of aryl methyl sites for hydroxylation is 1. The molecule has 0 atom stereocenters. The van der Waals surface area contributed by atoms with Gasteiger partial charge in [0, 0.05) is 74.3 Å². The van der Waals surface area contributed by atoms with Crippen molar-refractivity contribution in [3.63, 3.8) is 0 Å². The summed E-state index contributed by atoms with van der Waals surface area (Å²) in [5.41, 5.74) is 4.40. The highest BCUT2D eigenvalue weighted by Crippen LogP contribution is 2.25. The molecule has 0 spiro atoms. The molecule has 6 rings (SSSR count). The topological polar surface area (TPSA) is 77.5 Å². The molecule has 0 saturated carbocycles. The molecule has 0 unspecified atom stereocenters. The molecule has 2 aliphatic rings. The van der Waals surface area contributed by atoms with Gasteiger partial charge in [0.05, 0.1) is 17.4 Å². The lowest BCUT2D eigenvalue weighted by molar-refractivity contribution is 0.00844. The number of piperazine rings is 1. The van der Waals surface area contributed by atoms with E-state index in [0.29, 0.717) is 24.8 Å². The maximum atomic E-state index is 13.1. The molecule has 8 nitrogen and oxygen atoms in total. The lowest BCUT2D eigenvalue weighted by atomic mass is 10.0. The largest absolute Gasteiger partial charge is 0.357 e. The molecule has 2 aliphatic heterocycles. The Labute approximate surface area is 203 Å². The molecule has 4 aromatic rings. The highest BCUT2D eigenvalue weighted by atomic mass is 16.2. The van der Waals surface area contributed by atoms with Crippen LogP contribution in [0.4, 0.5) is 0 Å². The van der Waals surface area contributed by atoms with Crippen LogP contribution < -0.4 is 0 Å².